The van der Waals surface area contributed by atoms with Crippen molar-refractivity contribution >= 4 is 0 Å². The third-order valence-corrected chi connectivity index (χ3v) is 1.87. The van der Waals surface area contributed by atoms with E-state index in [-0.39, 0.29) is 6.10 Å². The van der Waals surface area contributed by atoms with Crippen molar-refractivity contribution in [1.29, 1.82) is 0 Å². The standard InChI is InChI=1S/C7H12F3NO/c1-5(7(8,9)10)12-6-2-3-11-4-6/h5-6,11H,2-4H2,1H3/t5?,6-/m1/s1. The van der Waals surface area contributed by atoms with Crippen molar-refractivity contribution in [3.8, 4) is 0 Å². The second-order valence-corrected chi connectivity index (χ2v) is 2.93. The normalized spacial score (nSPS) is 27.5. The second-order valence-electron chi connectivity index (χ2n) is 2.93. The smallest absolute Gasteiger partial charge is 0.364 e. The molecule has 5 heteroatoms. The van der Waals surface area contributed by atoms with Crippen LogP contribution in [0.15, 0.2) is 0 Å². The minimum Gasteiger partial charge on any atom is -0.364 e. The summed E-state index contributed by atoms with van der Waals surface area (Å²) in [5.74, 6) is 0. The molecule has 0 amide bonds. The topological polar surface area (TPSA) is 21.3 Å². The van der Waals surface area contributed by atoms with Gasteiger partial charge in [-0.25, -0.2) is 0 Å². The zero-order valence-corrected chi connectivity index (χ0v) is 6.82. The maximum absolute atomic E-state index is 12.0. The molecule has 0 spiro atoms. The molecule has 0 radical (unpaired) electrons. The molecule has 0 aromatic heterocycles. The number of ether oxygens (including phenoxy) is 1. The minimum absolute atomic E-state index is 0.276. The highest BCUT2D eigenvalue weighted by atomic mass is 19.4. The van der Waals surface area contributed by atoms with Crippen LogP contribution in [0.3, 0.4) is 0 Å². The van der Waals surface area contributed by atoms with E-state index in [4.69, 9.17) is 4.74 Å². The fourth-order valence-corrected chi connectivity index (χ4v) is 1.11. The lowest BCUT2D eigenvalue weighted by molar-refractivity contribution is -0.224. The van der Waals surface area contributed by atoms with Gasteiger partial charge in [0.15, 0.2) is 6.10 Å². The Labute approximate surface area is 69.1 Å². The Balaban J connectivity index is 2.30. The number of halogens is 3. The molecule has 1 heterocycles. The fraction of sp³-hybridized carbons (Fsp3) is 1.00. The first kappa shape index (κ1) is 9.80. The van der Waals surface area contributed by atoms with Crippen molar-refractivity contribution < 1.29 is 17.9 Å². The van der Waals surface area contributed by atoms with Crippen molar-refractivity contribution in [2.75, 3.05) is 13.1 Å². The summed E-state index contributed by atoms with van der Waals surface area (Å²) in [4.78, 5) is 0. The lowest BCUT2D eigenvalue weighted by atomic mass is 10.3. The molecular formula is C7H12F3NO. The first-order valence-corrected chi connectivity index (χ1v) is 3.93. The van der Waals surface area contributed by atoms with Gasteiger partial charge in [0.05, 0.1) is 6.10 Å². The third-order valence-electron chi connectivity index (χ3n) is 1.87. The predicted octanol–water partition coefficient (Wildman–Crippen LogP) is 1.32. The summed E-state index contributed by atoms with van der Waals surface area (Å²) < 4.78 is 40.7. The molecule has 0 aromatic rings. The Morgan fingerprint density at radius 2 is 2.17 bits per heavy atom. The van der Waals surface area contributed by atoms with Gasteiger partial charge in [0.25, 0.3) is 0 Å². The van der Waals surface area contributed by atoms with Crippen molar-refractivity contribution in [2.24, 2.45) is 0 Å². The predicted molar refractivity (Wildman–Crippen MR) is 37.9 cm³/mol. The lowest BCUT2D eigenvalue weighted by Crippen LogP contribution is -2.33. The van der Waals surface area contributed by atoms with E-state index in [2.05, 4.69) is 5.32 Å². The summed E-state index contributed by atoms with van der Waals surface area (Å²) in [7, 11) is 0. The lowest BCUT2D eigenvalue weighted by Gasteiger charge is -2.20. The number of hydrogen-bond acceptors (Lipinski definition) is 2. The van der Waals surface area contributed by atoms with Gasteiger partial charge in [-0.05, 0) is 19.9 Å². The van der Waals surface area contributed by atoms with E-state index in [1.165, 1.54) is 0 Å². The fourth-order valence-electron chi connectivity index (χ4n) is 1.11. The molecule has 0 aromatic carbocycles. The summed E-state index contributed by atoms with van der Waals surface area (Å²) in [5.41, 5.74) is 0. The van der Waals surface area contributed by atoms with Crippen molar-refractivity contribution in [3.63, 3.8) is 0 Å². The Kier molecular flexibility index (Phi) is 2.95. The molecule has 1 unspecified atom stereocenters. The summed E-state index contributed by atoms with van der Waals surface area (Å²) in [5, 5.41) is 2.94. The average Bonchev–Trinajstić information content (AvgIpc) is 2.37. The quantitative estimate of drug-likeness (QED) is 0.697. The Hall–Kier alpha value is -0.290. The zero-order chi connectivity index (χ0) is 9.19. The first-order chi connectivity index (χ1) is 5.50. The van der Waals surface area contributed by atoms with Gasteiger partial charge in [-0.3, -0.25) is 0 Å². The van der Waals surface area contributed by atoms with Crippen LogP contribution < -0.4 is 5.32 Å². The largest absolute Gasteiger partial charge is 0.414 e. The molecule has 1 saturated heterocycles. The molecule has 1 aliphatic heterocycles. The molecule has 0 bridgehead atoms. The minimum atomic E-state index is -4.23. The Bertz CT molecular complexity index is 142. The average molecular weight is 183 g/mol. The van der Waals surface area contributed by atoms with Crippen molar-refractivity contribution in [1.82, 2.24) is 5.32 Å². The van der Waals surface area contributed by atoms with Crippen LogP contribution in [0.25, 0.3) is 0 Å². The monoisotopic (exact) mass is 183 g/mol. The second kappa shape index (κ2) is 3.62. The van der Waals surface area contributed by atoms with Crippen LogP contribution in [-0.4, -0.2) is 31.5 Å². The maximum Gasteiger partial charge on any atom is 0.414 e. The van der Waals surface area contributed by atoms with E-state index in [1.807, 2.05) is 0 Å². The highest BCUT2D eigenvalue weighted by Gasteiger charge is 2.38. The van der Waals surface area contributed by atoms with Gasteiger partial charge in [0, 0.05) is 6.54 Å². The van der Waals surface area contributed by atoms with Gasteiger partial charge in [-0.1, -0.05) is 0 Å². The zero-order valence-electron chi connectivity index (χ0n) is 6.82. The molecule has 2 nitrogen and oxygen atoms in total. The van der Waals surface area contributed by atoms with E-state index >= 15 is 0 Å². The molecule has 12 heavy (non-hydrogen) atoms. The first-order valence-electron chi connectivity index (χ1n) is 3.93. The number of nitrogens with one attached hydrogen (secondary N) is 1. The van der Waals surface area contributed by atoms with E-state index in [1.54, 1.807) is 0 Å². The highest BCUT2D eigenvalue weighted by molar-refractivity contribution is 4.74. The van der Waals surface area contributed by atoms with E-state index < -0.39 is 12.3 Å². The summed E-state index contributed by atoms with van der Waals surface area (Å²) in [6, 6.07) is 0. The van der Waals surface area contributed by atoms with Crippen LogP contribution in [0, 0.1) is 0 Å². The molecule has 1 N–H and O–H groups in total. The van der Waals surface area contributed by atoms with Gasteiger partial charge in [-0.2, -0.15) is 13.2 Å². The Morgan fingerprint density at radius 3 is 2.58 bits per heavy atom. The maximum atomic E-state index is 12.0. The van der Waals surface area contributed by atoms with Gasteiger partial charge < -0.3 is 10.1 Å². The van der Waals surface area contributed by atoms with Crippen LogP contribution in [0.2, 0.25) is 0 Å². The molecule has 2 atom stereocenters. The number of alkyl halides is 3. The van der Waals surface area contributed by atoms with Gasteiger partial charge in [0.1, 0.15) is 0 Å². The summed E-state index contributed by atoms with van der Waals surface area (Å²) >= 11 is 0. The van der Waals surface area contributed by atoms with E-state index in [0.717, 1.165) is 13.5 Å². The number of hydrogen-bond donors (Lipinski definition) is 1. The van der Waals surface area contributed by atoms with Crippen molar-refractivity contribution in [3.05, 3.63) is 0 Å². The molecule has 1 rings (SSSR count). The number of rotatable bonds is 2. The van der Waals surface area contributed by atoms with Gasteiger partial charge in [-0.15, -0.1) is 0 Å². The highest BCUT2D eigenvalue weighted by Crippen LogP contribution is 2.24. The van der Waals surface area contributed by atoms with E-state index in [9.17, 15) is 13.2 Å². The third kappa shape index (κ3) is 2.64. The molecule has 0 aliphatic carbocycles. The summed E-state index contributed by atoms with van der Waals surface area (Å²) in [6.45, 7) is 2.31. The van der Waals surface area contributed by atoms with Crippen LogP contribution in [0.5, 0.6) is 0 Å². The van der Waals surface area contributed by atoms with Crippen molar-refractivity contribution in [2.45, 2.75) is 31.7 Å². The summed E-state index contributed by atoms with van der Waals surface area (Å²) in [6.07, 6.45) is -5.49. The molecule has 1 fully saturated rings. The molecule has 72 valence electrons. The van der Waals surface area contributed by atoms with Gasteiger partial charge in [0.2, 0.25) is 0 Å². The van der Waals surface area contributed by atoms with Crippen LogP contribution >= 0.6 is 0 Å². The SMILES string of the molecule is CC(O[C@@H]1CCNC1)C(F)(F)F. The van der Waals surface area contributed by atoms with Crippen LogP contribution in [0.1, 0.15) is 13.3 Å². The van der Waals surface area contributed by atoms with Crippen LogP contribution in [-0.2, 0) is 4.74 Å². The van der Waals surface area contributed by atoms with Gasteiger partial charge >= 0.3 is 6.18 Å². The molecule has 0 saturated carbocycles. The van der Waals surface area contributed by atoms with E-state index in [0.29, 0.717) is 13.0 Å². The molecule has 1 aliphatic rings. The van der Waals surface area contributed by atoms with Crippen LogP contribution in [0.4, 0.5) is 13.2 Å². The molecular weight excluding hydrogens is 171 g/mol. The Morgan fingerprint density at radius 1 is 1.50 bits per heavy atom.